The molecular formula is C28H26BrNO6. The third kappa shape index (κ3) is 4.95. The molecule has 4 rings (SSSR count). The maximum absolute atomic E-state index is 13.3. The number of benzene rings is 3. The Morgan fingerprint density at radius 3 is 2.50 bits per heavy atom. The number of rotatable bonds is 8. The van der Waals surface area contributed by atoms with E-state index in [1.54, 1.807) is 36.4 Å². The van der Waals surface area contributed by atoms with Crippen molar-refractivity contribution in [3.8, 4) is 17.2 Å². The minimum atomic E-state index is -0.893. The van der Waals surface area contributed by atoms with Gasteiger partial charge < -0.3 is 24.6 Å². The Balaban J connectivity index is 1.85. The van der Waals surface area contributed by atoms with Crippen molar-refractivity contribution >= 4 is 33.4 Å². The summed E-state index contributed by atoms with van der Waals surface area (Å²) in [5.41, 5.74) is 1.83. The predicted octanol–water partition coefficient (Wildman–Crippen LogP) is 5.23. The van der Waals surface area contributed by atoms with Gasteiger partial charge >= 0.3 is 0 Å². The van der Waals surface area contributed by atoms with Crippen LogP contribution in [-0.4, -0.2) is 47.1 Å². The summed E-state index contributed by atoms with van der Waals surface area (Å²) in [6, 6.07) is 18.7. The van der Waals surface area contributed by atoms with E-state index in [9.17, 15) is 19.8 Å². The largest absolute Gasteiger partial charge is 0.507 e. The number of ether oxygens (including phenoxy) is 2. The third-order valence-corrected chi connectivity index (χ3v) is 6.63. The summed E-state index contributed by atoms with van der Waals surface area (Å²) in [4.78, 5) is 28.0. The van der Waals surface area contributed by atoms with Crippen LogP contribution in [0.4, 0.5) is 0 Å². The van der Waals surface area contributed by atoms with Crippen LogP contribution in [0.15, 0.2) is 76.8 Å². The van der Waals surface area contributed by atoms with Crippen LogP contribution in [0, 0.1) is 0 Å². The molecule has 8 heteroatoms. The molecule has 0 aromatic heterocycles. The van der Waals surface area contributed by atoms with Gasteiger partial charge in [-0.25, -0.2) is 0 Å². The van der Waals surface area contributed by atoms with Gasteiger partial charge in [0.1, 0.15) is 11.5 Å². The number of carbonyl (C=O) groups is 2. The molecule has 0 aliphatic carbocycles. The van der Waals surface area contributed by atoms with Gasteiger partial charge in [0.15, 0.2) is 11.5 Å². The summed E-state index contributed by atoms with van der Waals surface area (Å²) in [6.45, 7) is 2.53. The standard InChI is InChI=1S/C28H26BrNO6/c1-3-36-20-11-7-10-18(14-20)25(31)23-24(19-15-21(29)26(32)22(16-19)35-2)30(28(34)27(23)33)13-12-17-8-5-4-6-9-17/h4-11,14-16,24,31-32H,3,12-13H2,1-2H3/b25-23+. The molecule has 0 saturated carbocycles. The van der Waals surface area contributed by atoms with E-state index in [1.807, 2.05) is 37.3 Å². The molecule has 1 unspecified atom stereocenters. The van der Waals surface area contributed by atoms with E-state index in [2.05, 4.69) is 15.9 Å². The molecule has 1 amide bonds. The smallest absolute Gasteiger partial charge is 0.295 e. The SMILES string of the molecule is CCOc1cccc(/C(O)=C2\C(=O)C(=O)N(CCc3ccccc3)C2c2cc(Br)c(O)c(OC)c2)c1. The summed E-state index contributed by atoms with van der Waals surface area (Å²) in [5, 5.41) is 21.6. The highest BCUT2D eigenvalue weighted by atomic mass is 79.9. The minimum Gasteiger partial charge on any atom is -0.507 e. The Labute approximate surface area is 217 Å². The normalized spacial score (nSPS) is 16.9. The summed E-state index contributed by atoms with van der Waals surface area (Å²) in [7, 11) is 1.41. The average Bonchev–Trinajstić information content (AvgIpc) is 3.14. The lowest BCUT2D eigenvalue weighted by molar-refractivity contribution is -0.139. The molecule has 7 nitrogen and oxygen atoms in total. The zero-order chi connectivity index (χ0) is 25.8. The topological polar surface area (TPSA) is 96.3 Å². The highest BCUT2D eigenvalue weighted by Crippen LogP contribution is 2.44. The molecule has 0 bridgehead atoms. The Bertz CT molecular complexity index is 1320. The van der Waals surface area contributed by atoms with Gasteiger partial charge in [-0.05, 0) is 64.7 Å². The summed E-state index contributed by atoms with van der Waals surface area (Å²) < 4.78 is 11.2. The predicted molar refractivity (Wildman–Crippen MR) is 139 cm³/mol. The lowest BCUT2D eigenvalue weighted by Crippen LogP contribution is -2.31. The zero-order valence-electron chi connectivity index (χ0n) is 19.9. The van der Waals surface area contributed by atoms with Crippen LogP contribution >= 0.6 is 15.9 Å². The maximum Gasteiger partial charge on any atom is 0.295 e. The molecule has 3 aromatic rings. The number of nitrogens with zero attached hydrogens (tertiary/aromatic N) is 1. The second kappa shape index (κ2) is 10.9. The number of aliphatic hydroxyl groups excluding tert-OH is 1. The van der Waals surface area contributed by atoms with Crippen LogP contribution in [-0.2, 0) is 16.0 Å². The Kier molecular flexibility index (Phi) is 7.64. The Morgan fingerprint density at radius 1 is 1.06 bits per heavy atom. The van der Waals surface area contributed by atoms with Crippen LogP contribution < -0.4 is 9.47 Å². The molecule has 0 spiro atoms. The first-order chi connectivity index (χ1) is 17.3. The first kappa shape index (κ1) is 25.3. The number of halogens is 1. The minimum absolute atomic E-state index is 0.0404. The highest BCUT2D eigenvalue weighted by molar-refractivity contribution is 9.10. The number of hydrogen-bond acceptors (Lipinski definition) is 6. The van der Waals surface area contributed by atoms with Crippen LogP contribution in [0.3, 0.4) is 0 Å². The van der Waals surface area contributed by atoms with Gasteiger partial charge in [0.25, 0.3) is 11.7 Å². The van der Waals surface area contributed by atoms with Crippen LogP contribution in [0.2, 0.25) is 0 Å². The van der Waals surface area contributed by atoms with Gasteiger partial charge in [-0.2, -0.15) is 0 Å². The number of phenolic OH excluding ortho intramolecular Hbond substituents is 1. The molecule has 1 heterocycles. The lowest BCUT2D eigenvalue weighted by atomic mass is 9.94. The van der Waals surface area contributed by atoms with Gasteiger partial charge in [0.05, 0.1) is 29.8 Å². The summed E-state index contributed by atoms with van der Waals surface area (Å²) in [5.74, 6) is -1.19. The number of phenols is 1. The van der Waals surface area contributed by atoms with Gasteiger partial charge in [-0.3, -0.25) is 9.59 Å². The van der Waals surface area contributed by atoms with Crippen LogP contribution in [0.5, 0.6) is 17.2 Å². The van der Waals surface area contributed by atoms with Crippen molar-refractivity contribution < 1.29 is 29.3 Å². The van der Waals surface area contributed by atoms with Crippen molar-refractivity contribution in [2.75, 3.05) is 20.3 Å². The molecular weight excluding hydrogens is 526 g/mol. The summed E-state index contributed by atoms with van der Waals surface area (Å²) in [6.07, 6.45) is 0.514. The quantitative estimate of drug-likeness (QED) is 0.226. The van der Waals surface area contributed by atoms with E-state index in [0.717, 1.165) is 5.56 Å². The highest BCUT2D eigenvalue weighted by Gasteiger charge is 2.46. The van der Waals surface area contributed by atoms with E-state index >= 15 is 0 Å². The van der Waals surface area contributed by atoms with Gasteiger partial charge in [0, 0.05) is 12.1 Å². The van der Waals surface area contributed by atoms with Crippen LogP contribution in [0.25, 0.3) is 5.76 Å². The number of amides is 1. The first-order valence-corrected chi connectivity index (χ1v) is 12.3. The number of aliphatic hydroxyl groups is 1. The molecule has 186 valence electrons. The van der Waals surface area contributed by atoms with E-state index in [1.165, 1.54) is 12.0 Å². The van der Waals surface area contributed by atoms with Crippen molar-refractivity contribution in [2.45, 2.75) is 19.4 Å². The molecule has 0 radical (unpaired) electrons. The lowest BCUT2D eigenvalue weighted by Gasteiger charge is -2.26. The second-order valence-corrected chi connectivity index (χ2v) is 9.10. The molecule has 2 N–H and O–H groups in total. The number of ketones is 1. The number of methoxy groups -OCH3 is 1. The fraction of sp³-hybridized carbons (Fsp3) is 0.214. The van der Waals surface area contributed by atoms with Crippen LogP contribution in [0.1, 0.15) is 29.7 Å². The van der Waals surface area contributed by atoms with Crippen molar-refractivity contribution in [1.29, 1.82) is 0 Å². The Hall–Kier alpha value is -3.78. The molecule has 1 fully saturated rings. The first-order valence-electron chi connectivity index (χ1n) is 11.5. The van der Waals surface area contributed by atoms with E-state index in [-0.39, 0.29) is 29.4 Å². The van der Waals surface area contributed by atoms with Gasteiger partial charge in [0.2, 0.25) is 0 Å². The maximum atomic E-state index is 13.3. The van der Waals surface area contributed by atoms with Crippen molar-refractivity contribution in [3.05, 3.63) is 93.5 Å². The molecule has 36 heavy (non-hydrogen) atoms. The van der Waals surface area contributed by atoms with E-state index < -0.39 is 17.7 Å². The average molecular weight is 552 g/mol. The fourth-order valence-corrected chi connectivity index (χ4v) is 4.77. The van der Waals surface area contributed by atoms with Crippen molar-refractivity contribution in [1.82, 2.24) is 4.90 Å². The molecule has 1 aliphatic rings. The second-order valence-electron chi connectivity index (χ2n) is 8.24. The third-order valence-electron chi connectivity index (χ3n) is 6.03. The van der Waals surface area contributed by atoms with E-state index in [4.69, 9.17) is 9.47 Å². The molecule has 3 aromatic carbocycles. The summed E-state index contributed by atoms with van der Waals surface area (Å²) >= 11 is 3.33. The van der Waals surface area contributed by atoms with Gasteiger partial charge in [-0.15, -0.1) is 0 Å². The van der Waals surface area contributed by atoms with Gasteiger partial charge in [-0.1, -0.05) is 42.5 Å². The van der Waals surface area contributed by atoms with E-state index in [0.29, 0.717) is 34.4 Å². The molecule has 1 saturated heterocycles. The fourth-order valence-electron chi connectivity index (χ4n) is 4.31. The Morgan fingerprint density at radius 2 is 1.81 bits per heavy atom. The number of carbonyl (C=O) groups excluding carboxylic acids is 2. The number of aromatic hydroxyl groups is 1. The van der Waals surface area contributed by atoms with Crippen molar-refractivity contribution in [3.63, 3.8) is 0 Å². The van der Waals surface area contributed by atoms with Crippen molar-refractivity contribution in [2.24, 2.45) is 0 Å². The number of likely N-dealkylation sites (tertiary alicyclic amines) is 1. The molecule has 1 aliphatic heterocycles. The molecule has 1 atom stereocenters. The number of hydrogen-bond donors (Lipinski definition) is 2. The zero-order valence-corrected chi connectivity index (χ0v) is 21.5. The number of Topliss-reactive ketones (excluding diaryl/α,β-unsaturated/α-hetero) is 1. The monoisotopic (exact) mass is 551 g/mol.